The summed E-state index contributed by atoms with van der Waals surface area (Å²) in [6, 6.07) is 7.38. The number of halogens is 1. The normalized spacial score (nSPS) is 10.2. The van der Waals surface area contributed by atoms with Gasteiger partial charge in [-0.1, -0.05) is 6.07 Å². The van der Waals surface area contributed by atoms with Gasteiger partial charge >= 0.3 is 0 Å². The molecule has 0 aliphatic heterocycles. The van der Waals surface area contributed by atoms with Crippen LogP contribution in [0.25, 0.3) is 0 Å². The van der Waals surface area contributed by atoms with Crippen LogP contribution >= 0.6 is 15.9 Å². The molecule has 2 aromatic heterocycles. The molecule has 0 bridgehead atoms. The standard InChI is InChI=1S/C12H12BrN3O/c1-14-11-9(4-2-6-15-11)8-16-7-3-5-10(13)12(16)17/h2-7H,8H2,1H3,(H,14,15). The Hall–Kier alpha value is -1.62. The van der Waals surface area contributed by atoms with Crippen molar-refractivity contribution in [1.82, 2.24) is 9.55 Å². The lowest BCUT2D eigenvalue weighted by atomic mass is 10.2. The van der Waals surface area contributed by atoms with Gasteiger partial charge < -0.3 is 9.88 Å². The molecular weight excluding hydrogens is 282 g/mol. The number of nitrogens with zero attached hydrogens (tertiary/aromatic N) is 2. The van der Waals surface area contributed by atoms with E-state index >= 15 is 0 Å². The van der Waals surface area contributed by atoms with Crippen molar-refractivity contribution in [3.63, 3.8) is 0 Å². The van der Waals surface area contributed by atoms with Crippen LogP contribution in [-0.2, 0) is 6.54 Å². The second-order valence-electron chi connectivity index (χ2n) is 3.55. The van der Waals surface area contributed by atoms with Crippen molar-refractivity contribution < 1.29 is 0 Å². The summed E-state index contributed by atoms with van der Waals surface area (Å²) in [4.78, 5) is 16.1. The summed E-state index contributed by atoms with van der Waals surface area (Å²) in [6.45, 7) is 0.502. The van der Waals surface area contributed by atoms with Crippen LogP contribution < -0.4 is 10.9 Å². The quantitative estimate of drug-likeness (QED) is 0.943. The highest BCUT2D eigenvalue weighted by atomic mass is 79.9. The van der Waals surface area contributed by atoms with E-state index in [1.165, 1.54) is 0 Å². The van der Waals surface area contributed by atoms with Crippen molar-refractivity contribution in [2.24, 2.45) is 0 Å². The number of nitrogens with one attached hydrogen (secondary N) is 1. The van der Waals surface area contributed by atoms with Crippen LogP contribution in [0.4, 0.5) is 5.82 Å². The number of rotatable bonds is 3. The van der Waals surface area contributed by atoms with Gasteiger partial charge in [0.05, 0.1) is 11.0 Å². The van der Waals surface area contributed by atoms with Gasteiger partial charge in [0.1, 0.15) is 5.82 Å². The first-order valence-electron chi connectivity index (χ1n) is 5.19. The molecule has 88 valence electrons. The monoisotopic (exact) mass is 293 g/mol. The predicted molar refractivity (Wildman–Crippen MR) is 71.3 cm³/mol. The average molecular weight is 294 g/mol. The van der Waals surface area contributed by atoms with Crippen LogP contribution in [0.2, 0.25) is 0 Å². The molecule has 0 fully saturated rings. The number of pyridine rings is 2. The van der Waals surface area contributed by atoms with E-state index in [-0.39, 0.29) is 5.56 Å². The predicted octanol–water partition coefficient (Wildman–Crippen LogP) is 2.10. The summed E-state index contributed by atoms with van der Waals surface area (Å²) < 4.78 is 2.21. The topological polar surface area (TPSA) is 46.9 Å². The molecule has 1 N–H and O–H groups in total. The number of aromatic nitrogens is 2. The summed E-state index contributed by atoms with van der Waals surface area (Å²) in [5.74, 6) is 0.791. The largest absolute Gasteiger partial charge is 0.373 e. The fraction of sp³-hybridized carbons (Fsp3) is 0.167. The molecule has 2 rings (SSSR count). The zero-order chi connectivity index (χ0) is 12.3. The number of hydrogen-bond acceptors (Lipinski definition) is 3. The molecule has 0 aromatic carbocycles. The first-order chi connectivity index (χ1) is 8.22. The molecule has 0 saturated heterocycles. The van der Waals surface area contributed by atoms with Gasteiger partial charge in [0.25, 0.3) is 5.56 Å². The van der Waals surface area contributed by atoms with Gasteiger partial charge in [-0.2, -0.15) is 0 Å². The molecule has 2 aromatic rings. The third-order valence-corrected chi connectivity index (χ3v) is 3.05. The van der Waals surface area contributed by atoms with E-state index in [0.29, 0.717) is 11.0 Å². The van der Waals surface area contributed by atoms with Gasteiger partial charge in [0, 0.05) is 25.0 Å². The molecule has 0 spiro atoms. The molecular formula is C12H12BrN3O. The molecule has 5 heteroatoms. The Morgan fingerprint density at radius 1 is 1.41 bits per heavy atom. The fourth-order valence-electron chi connectivity index (χ4n) is 1.61. The van der Waals surface area contributed by atoms with E-state index in [9.17, 15) is 4.79 Å². The number of anilines is 1. The Kier molecular flexibility index (Phi) is 3.58. The minimum Gasteiger partial charge on any atom is -0.373 e. The third kappa shape index (κ3) is 2.55. The smallest absolute Gasteiger partial charge is 0.265 e. The lowest BCUT2D eigenvalue weighted by Gasteiger charge is -2.09. The van der Waals surface area contributed by atoms with Crippen molar-refractivity contribution in [2.75, 3.05) is 12.4 Å². The maximum atomic E-state index is 11.8. The van der Waals surface area contributed by atoms with Crippen LogP contribution in [0.5, 0.6) is 0 Å². The lowest BCUT2D eigenvalue weighted by Crippen LogP contribution is -2.20. The Morgan fingerprint density at radius 2 is 2.24 bits per heavy atom. The lowest BCUT2D eigenvalue weighted by molar-refractivity contribution is 0.753. The van der Waals surface area contributed by atoms with E-state index in [0.717, 1.165) is 11.4 Å². The van der Waals surface area contributed by atoms with Crippen molar-refractivity contribution in [3.8, 4) is 0 Å². The molecule has 0 aliphatic carbocycles. The Balaban J connectivity index is 2.38. The SMILES string of the molecule is CNc1ncccc1Cn1cccc(Br)c1=O. The summed E-state index contributed by atoms with van der Waals surface area (Å²) >= 11 is 3.23. The first kappa shape index (κ1) is 11.9. The average Bonchev–Trinajstić information content (AvgIpc) is 2.35. The molecule has 4 nitrogen and oxygen atoms in total. The van der Waals surface area contributed by atoms with Crippen LogP contribution in [0, 0.1) is 0 Å². The number of hydrogen-bond donors (Lipinski definition) is 1. The molecule has 0 aliphatic rings. The van der Waals surface area contributed by atoms with Gasteiger partial charge in [-0.15, -0.1) is 0 Å². The highest BCUT2D eigenvalue weighted by Crippen LogP contribution is 2.12. The van der Waals surface area contributed by atoms with E-state index in [1.54, 1.807) is 23.0 Å². The minimum atomic E-state index is -0.0431. The fourth-order valence-corrected chi connectivity index (χ4v) is 1.99. The zero-order valence-corrected chi connectivity index (χ0v) is 10.9. The van der Waals surface area contributed by atoms with Crippen molar-refractivity contribution in [3.05, 3.63) is 57.0 Å². The van der Waals surface area contributed by atoms with Gasteiger partial charge in [-0.3, -0.25) is 4.79 Å². The second kappa shape index (κ2) is 5.14. The summed E-state index contributed by atoms with van der Waals surface area (Å²) in [7, 11) is 1.81. The van der Waals surface area contributed by atoms with Crippen molar-refractivity contribution >= 4 is 21.7 Å². The Bertz CT molecular complexity index is 580. The summed E-state index contributed by atoms with van der Waals surface area (Å²) in [6.07, 6.45) is 3.48. The van der Waals surface area contributed by atoms with Crippen LogP contribution in [0.1, 0.15) is 5.56 Å². The van der Waals surface area contributed by atoms with Crippen molar-refractivity contribution in [1.29, 1.82) is 0 Å². The maximum Gasteiger partial charge on any atom is 0.265 e. The molecule has 17 heavy (non-hydrogen) atoms. The van der Waals surface area contributed by atoms with Gasteiger partial charge in [0.15, 0.2) is 0 Å². The van der Waals surface area contributed by atoms with E-state index in [4.69, 9.17) is 0 Å². The Morgan fingerprint density at radius 3 is 3.00 bits per heavy atom. The molecule has 0 radical (unpaired) electrons. The van der Waals surface area contributed by atoms with Gasteiger partial charge in [-0.25, -0.2) is 4.98 Å². The molecule has 0 atom stereocenters. The van der Waals surface area contributed by atoms with E-state index in [1.807, 2.05) is 25.2 Å². The van der Waals surface area contributed by atoms with Gasteiger partial charge in [-0.05, 0) is 34.1 Å². The molecule has 0 amide bonds. The minimum absolute atomic E-state index is 0.0431. The van der Waals surface area contributed by atoms with Crippen LogP contribution in [-0.4, -0.2) is 16.6 Å². The highest BCUT2D eigenvalue weighted by molar-refractivity contribution is 9.10. The van der Waals surface area contributed by atoms with Crippen LogP contribution in [0.15, 0.2) is 45.9 Å². The van der Waals surface area contributed by atoms with Crippen LogP contribution in [0.3, 0.4) is 0 Å². The second-order valence-corrected chi connectivity index (χ2v) is 4.40. The highest BCUT2D eigenvalue weighted by Gasteiger charge is 2.04. The molecule has 0 saturated carbocycles. The molecule has 0 unspecified atom stereocenters. The maximum absolute atomic E-state index is 11.8. The summed E-state index contributed by atoms with van der Waals surface area (Å²) in [5.41, 5.74) is 0.939. The van der Waals surface area contributed by atoms with Gasteiger partial charge in [0.2, 0.25) is 0 Å². The van der Waals surface area contributed by atoms with E-state index in [2.05, 4.69) is 26.2 Å². The zero-order valence-electron chi connectivity index (χ0n) is 9.35. The Labute approximate surface area is 107 Å². The summed E-state index contributed by atoms with van der Waals surface area (Å²) in [5, 5.41) is 3.01. The first-order valence-corrected chi connectivity index (χ1v) is 5.98. The van der Waals surface area contributed by atoms with Crippen molar-refractivity contribution in [2.45, 2.75) is 6.54 Å². The van der Waals surface area contributed by atoms with E-state index < -0.39 is 0 Å². The third-order valence-electron chi connectivity index (χ3n) is 2.44. The molecule has 2 heterocycles.